The third kappa shape index (κ3) is 5.60. The molecule has 0 spiro atoms. The first-order valence-corrected chi connectivity index (χ1v) is 18.8. The number of allylic oxidation sites excluding steroid dienone is 4. The van der Waals surface area contributed by atoms with Gasteiger partial charge in [0, 0.05) is 33.4 Å². The van der Waals surface area contributed by atoms with Gasteiger partial charge in [0.2, 0.25) is 0 Å². The molecule has 10 rings (SSSR count). The van der Waals surface area contributed by atoms with E-state index in [0.717, 1.165) is 29.9 Å². The molecule has 1 aliphatic carbocycles. The Kier molecular flexibility index (Phi) is 8.00. The van der Waals surface area contributed by atoms with Gasteiger partial charge in [-0.25, -0.2) is 0 Å². The lowest BCUT2D eigenvalue weighted by molar-refractivity contribution is 1.05. The highest BCUT2D eigenvalue weighted by atomic mass is 15.1. The predicted molar refractivity (Wildman–Crippen MR) is 230 cm³/mol. The second kappa shape index (κ2) is 13.6. The van der Waals surface area contributed by atoms with E-state index in [2.05, 4.69) is 216 Å². The van der Waals surface area contributed by atoms with Crippen molar-refractivity contribution in [2.24, 2.45) is 0 Å². The fourth-order valence-corrected chi connectivity index (χ4v) is 8.27. The van der Waals surface area contributed by atoms with Crippen LogP contribution in [0.5, 0.6) is 0 Å². The molecule has 0 fully saturated rings. The fraction of sp³-hybridized carbons (Fsp3) is 0.0385. The molecule has 8 aromatic carbocycles. The third-order valence-corrected chi connectivity index (χ3v) is 10.8. The van der Waals surface area contributed by atoms with Gasteiger partial charge >= 0.3 is 0 Å². The number of anilines is 3. The van der Waals surface area contributed by atoms with Gasteiger partial charge in [0.1, 0.15) is 0 Å². The maximum absolute atomic E-state index is 2.41. The van der Waals surface area contributed by atoms with Crippen molar-refractivity contribution >= 4 is 55.2 Å². The first-order valence-electron chi connectivity index (χ1n) is 18.8. The molecule has 0 radical (unpaired) electrons. The molecule has 0 amide bonds. The number of hydrogen-bond acceptors (Lipinski definition) is 1. The van der Waals surface area contributed by atoms with Gasteiger partial charge in [-0.2, -0.15) is 0 Å². The summed E-state index contributed by atoms with van der Waals surface area (Å²) in [4.78, 5) is 2.41. The molecule has 0 aliphatic heterocycles. The van der Waals surface area contributed by atoms with Crippen molar-refractivity contribution < 1.29 is 0 Å². The van der Waals surface area contributed by atoms with E-state index in [4.69, 9.17) is 0 Å². The van der Waals surface area contributed by atoms with Crippen LogP contribution in [-0.2, 0) is 0 Å². The molecule has 2 nitrogen and oxygen atoms in total. The summed E-state index contributed by atoms with van der Waals surface area (Å²) in [5.74, 6) is 0. The number of fused-ring (bicyclic) bond motifs is 5. The Bertz CT molecular complexity index is 2860. The fourth-order valence-electron chi connectivity index (χ4n) is 8.27. The Morgan fingerprint density at radius 2 is 1.17 bits per heavy atom. The van der Waals surface area contributed by atoms with Crippen molar-refractivity contribution in [3.63, 3.8) is 0 Å². The van der Waals surface area contributed by atoms with E-state index in [1.165, 1.54) is 71.7 Å². The first kappa shape index (κ1) is 31.8. The second-order valence-electron chi connectivity index (χ2n) is 14.1. The van der Waals surface area contributed by atoms with Crippen LogP contribution in [0.3, 0.4) is 0 Å². The Morgan fingerprint density at radius 3 is 2.00 bits per heavy atom. The van der Waals surface area contributed by atoms with Gasteiger partial charge in [-0.15, -0.1) is 0 Å². The summed E-state index contributed by atoms with van der Waals surface area (Å²) in [5, 5.41) is 5.04. The lowest BCUT2D eigenvalue weighted by atomic mass is 9.96. The minimum Gasteiger partial charge on any atom is -0.310 e. The van der Waals surface area contributed by atoms with Gasteiger partial charge < -0.3 is 9.47 Å². The van der Waals surface area contributed by atoms with Crippen LogP contribution in [0, 0.1) is 0 Å². The Labute approximate surface area is 316 Å². The van der Waals surface area contributed by atoms with Crippen molar-refractivity contribution in [2.45, 2.75) is 12.8 Å². The van der Waals surface area contributed by atoms with E-state index < -0.39 is 0 Å². The van der Waals surface area contributed by atoms with Crippen LogP contribution < -0.4 is 4.90 Å². The third-order valence-electron chi connectivity index (χ3n) is 10.8. The smallest absolute Gasteiger partial charge is 0.0547 e. The SMILES string of the molecule is C1=CCCC(c2ccc(N(c3cccc(-c4ccc5ccc6c(c5c4)c4ccccc4n6-c4ccccc4)c3)c3ccccc3-c3ccccc3)cc2)=C1. The van der Waals surface area contributed by atoms with Crippen LogP contribution >= 0.6 is 0 Å². The number of benzene rings is 8. The van der Waals surface area contributed by atoms with Crippen molar-refractivity contribution in [3.8, 4) is 27.9 Å². The van der Waals surface area contributed by atoms with Crippen LogP contribution in [0.2, 0.25) is 0 Å². The minimum absolute atomic E-state index is 1.07. The molecule has 0 bridgehead atoms. The van der Waals surface area contributed by atoms with Gasteiger partial charge in [-0.1, -0.05) is 146 Å². The van der Waals surface area contributed by atoms with Gasteiger partial charge in [-0.3, -0.25) is 0 Å². The van der Waals surface area contributed by atoms with Gasteiger partial charge in [0.05, 0.1) is 16.7 Å². The molecule has 0 unspecified atom stereocenters. The molecule has 2 heteroatoms. The summed E-state index contributed by atoms with van der Waals surface area (Å²) in [5.41, 5.74) is 14.4. The topological polar surface area (TPSA) is 8.17 Å². The summed E-state index contributed by atoms with van der Waals surface area (Å²) in [6, 6.07) is 68.6. The van der Waals surface area contributed by atoms with Gasteiger partial charge in [0.15, 0.2) is 0 Å². The Morgan fingerprint density at radius 1 is 0.463 bits per heavy atom. The molecule has 0 N–H and O–H groups in total. The number of aromatic nitrogens is 1. The number of rotatable bonds is 7. The number of hydrogen-bond donors (Lipinski definition) is 0. The van der Waals surface area contributed by atoms with Crippen LogP contribution in [0.1, 0.15) is 18.4 Å². The maximum Gasteiger partial charge on any atom is 0.0547 e. The minimum atomic E-state index is 1.07. The van der Waals surface area contributed by atoms with E-state index in [-0.39, 0.29) is 0 Å². The summed E-state index contributed by atoms with van der Waals surface area (Å²) in [7, 11) is 0. The highest BCUT2D eigenvalue weighted by molar-refractivity contribution is 6.21. The van der Waals surface area contributed by atoms with E-state index in [1.54, 1.807) is 0 Å². The first-order chi connectivity index (χ1) is 26.8. The van der Waals surface area contributed by atoms with Crippen molar-refractivity contribution in [2.75, 3.05) is 4.90 Å². The Balaban J connectivity index is 1.13. The van der Waals surface area contributed by atoms with Crippen molar-refractivity contribution in [1.82, 2.24) is 4.57 Å². The zero-order chi connectivity index (χ0) is 35.8. The van der Waals surface area contributed by atoms with E-state index in [1.807, 2.05) is 0 Å². The normalized spacial score (nSPS) is 12.7. The standard InChI is InChI=1S/C52H38N2/c1-4-15-37(16-5-1)38-29-32-44(33-30-38)53(49-25-12-10-23-46(49)39-17-6-2-7-18-39)45-22-14-19-41(35-45)42-28-27-40-31-34-51-52(48(40)36-42)47-24-11-13-26-50(47)54(51)43-20-8-3-9-21-43/h1-4,6-15,17-36H,5,16H2. The Hall–Kier alpha value is -6.90. The molecule has 1 heterocycles. The molecular weight excluding hydrogens is 653 g/mol. The molecule has 0 saturated heterocycles. The van der Waals surface area contributed by atoms with Crippen LogP contribution in [0.25, 0.3) is 66.1 Å². The lowest BCUT2D eigenvalue weighted by Gasteiger charge is -2.28. The molecule has 1 aromatic heterocycles. The molecule has 9 aromatic rings. The van der Waals surface area contributed by atoms with Gasteiger partial charge in [-0.05, 0) is 112 Å². The molecule has 54 heavy (non-hydrogen) atoms. The number of nitrogens with zero attached hydrogens (tertiary/aromatic N) is 2. The highest BCUT2D eigenvalue weighted by Crippen LogP contribution is 2.43. The maximum atomic E-state index is 2.41. The zero-order valence-corrected chi connectivity index (χ0v) is 29.9. The van der Waals surface area contributed by atoms with Gasteiger partial charge in [0.25, 0.3) is 0 Å². The van der Waals surface area contributed by atoms with Crippen molar-refractivity contribution in [3.05, 3.63) is 212 Å². The van der Waals surface area contributed by atoms with E-state index in [0.29, 0.717) is 0 Å². The summed E-state index contributed by atoms with van der Waals surface area (Å²) < 4.78 is 2.40. The molecule has 0 saturated carbocycles. The monoisotopic (exact) mass is 690 g/mol. The van der Waals surface area contributed by atoms with Crippen LogP contribution in [-0.4, -0.2) is 4.57 Å². The molecule has 256 valence electrons. The quantitative estimate of drug-likeness (QED) is 0.162. The van der Waals surface area contributed by atoms with E-state index >= 15 is 0 Å². The zero-order valence-electron chi connectivity index (χ0n) is 29.9. The van der Waals surface area contributed by atoms with E-state index in [9.17, 15) is 0 Å². The van der Waals surface area contributed by atoms with Crippen LogP contribution in [0.4, 0.5) is 17.1 Å². The van der Waals surface area contributed by atoms with Crippen LogP contribution in [0.15, 0.2) is 206 Å². The second-order valence-corrected chi connectivity index (χ2v) is 14.1. The predicted octanol–water partition coefficient (Wildman–Crippen LogP) is 14.5. The largest absolute Gasteiger partial charge is 0.310 e. The lowest BCUT2D eigenvalue weighted by Crippen LogP contribution is -2.11. The average molecular weight is 691 g/mol. The summed E-state index contributed by atoms with van der Waals surface area (Å²) in [6.07, 6.45) is 8.84. The average Bonchev–Trinajstić information content (AvgIpc) is 3.60. The summed E-state index contributed by atoms with van der Waals surface area (Å²) in [6.45, 7) is 0. The molecular formula is C52H38N2. The summed E-state index contributed by atoms with van der Waals surface area (Å²) >= 11 is 0. The number of para-hydroxylation sites is 3. The van der Waals surface area contributed by atoms with Crippen molar-refractivity contribution in [1.29, 1.82) is 0 Å². The molecule has 1 aliphatic rings. The highest BCUT2D eigenvalue weighted by Gasteiger charge is 2.19. The molecule has 0 atom stereocenters.